The van der Waals surface area contributed by atoms with Crippen LogP contribution in [0.5, 0.6) is 5.75 Å². The van der Waals surface area contributed by atoms with Crippen LogP contribution in [-0.2, 0) is 13.8 Å². The first-order chi connectivity index (χ1) is 9.70. The van der Waals surface area contributed by atoms with Crippen LogP contribution >= 0.6 is 10.7 Å². The van der Waals surface area contributed by atoms with E-state index in [1.807, 2.05) is 13.8 Å². The summed E-state index contributed by atoms with van der Waals surface area (Å²) in [6.45, 7) is 8.41. The maximum absolute atomic E-state index is 12.1. The summed E-state index contributed by atoms with van der Waals surface area (Å²) in [6, 6.07) is 4.29. The molecule has 118 valence electrons. The zero-order chi connectivity index (χ0) is 16.2. The minimum Gasteiger partial charge on any atom is -0.481 e. The molecule has 7 heteroatoms. The molecule has 0 aliphatic rings. The number of nitrogens with zero attached hydrogens (tertiary/aromatic N) is 1. The van der Waals surface area contributed by atoms with Crippen LogP contribution in [0.25, 0.3) is 0 Å². The van der Waals surface area contributed by atoms with E-state index in [2.05, 4.69) is 0 Å². The van der Waals surface area contributed by atoms with E-state index in [1.165, 1.54) is 18.2 Å². The predicted octanol–water partition coefficient (Wildman–Crippen LogP) is 2.56. The van der Waals surface area contributed by atoms with Crippen LogP contribution in [0.2, 0.25) is 0 Å². The minimum atomic E-state index is -3.77. The van der Waals surface area contributed by atoms with Crippen molar-refractivity contribution in [2.24, 2.45) is 0 Å². The van der Waals surface area contributed by atoms with Gasteiger partial charge in [-0.05, 0) is 51.5 Å². The normalized spacial score (nSPS) is 12.8. The quantitative estimate of drug-likeness (QED) is 0.750. The van der Waals surface area contributed by atoms with E-state index < -0.39 is 15.2 Å². The van der Waals surface area contributed by atoms with Crippen molar-refractivity contribution in [2.45, 2.75) is 38.7 Å². The van der Waals surface area contributed by atoms with Gasteiger partial charge in [-0.25, -0.2) is 8.42 Å². The highest BCUT2D eigenvalue weighted by Crippen LogP contribution is 2.24. The van der Waals surface area contributed by atoms with Gasteiger partial charge in [0.2, 0.25) is 0 Å². The Hall–Kier alpha value is -1.27. The van der Waals surface area contributed by atoms with Crippen molar-refractivity contribution in [3.8, 4) is 5.75 Å². The summed E-state index contributed by atoms with van der Waals surface area (Å²) in [7, 11) is 1.52. The van der Waals surface area contributed by atoms with Crippen LogP contribution in [0.1, 0.15) is 26.3 Å². The molecule has 1 atom stereocenters. The lowest BCUT2D eigenvalue weighted by molar-refractivity contribution is -0.137. The molecule has 0 saturated carbocycles. The van der Waals surface area contributed by atoms with Gasteiger partial charge in [-0.15, -0.1) is 0 Å². The highest BCUT2D eigenvalue weighted by atomic mass is 35.7. The Morgan fingerprint density at radius 1 is 1.33 bits per heavy atom. The van der Waals surface area contributed by atoms with Crippen molar-refractivity contribution in [1.82, 2.24) is 4.90 Å². The number of hydrogen-bond donors (Lipinski definition) is 0. The van der Waals surface area contributed by atoms with Gasteiger partial charge in [-0.1, -0.05) is 0 Å². The van der Waals surface area contributed by atoms with E-state index in [9.17, 15) is 13.2 Å². The molecule has 0 aliphatic heterocycles. The summed E-state index contributed by atoms with van der Waals surface area (Å²) >= 11 is 0. The van der Waals surface area contributed by atoms with Gasteiger partial charge < -0.3 is 9.64 Å². The summed E-state index contributed by atoms with van der Waals surface area (Å²) in [5.41, 5.74) is 0.607. The summed E-state index contributed by atoms with van der Waals surface area (Å²) in [5, 5.41) is 0. The smallest absolute Gasteiger partial charge is 0.263 e. The Labute approximate surface area is 130 Å². The van der Waals surface area contributed by atoms with E-state index in [0.29, 0.717) is 24.4 Å². The van der Waals surface area contributed by atoms with Gasteiger partial charge in [-0.3, -0.25) is 4.79 Å². The highest BCUT2D eigenvalue weighted by molar-refractivity contribution is 8.13. The lowest BCUT2D eigenvalue weighted by Crippen LogP contribution is -2.40. The minimum absolute atomic E-state index is 0.0109. The Balaban J connectivity index is 2.91. The van der Waals surface area contributed by atoms with E-state index >= 15 is 0 Å². The number of aryl methyl sites for hydroxylation is 1. The first kappa shape index (κ1) is 17.8. The van der Waals surface area contributed by atoms with Gasteiger partial charge in [0, 0.05) is 23.8 Å². The number of rotatable bonds is 6. The van der Waals surface area contributed by atoms with Crippen LogP contribution < -0.4 is 4.74 Å². The molecule has 1 unspecified atom stereocenters. The van der Waals surface area contributed by atoms with Gasteiger partial charge in [0.05, 0.1) is 4.90 Å². The molecule has 0 N–H and O–H groups in total. The van der Waals surface area contributed by atoms with Gasteiger partial charge in [-0.2, -0.15) is 0 Å². The molecular formula is C14H20ClNO4S. The number of likely N-dealkylation sites (N-methyl/N-ethyl adjacent to an activating group) is 1. The molecule has 0 heterocycles. The molecule has 0 aliphatic carbocycles. The summed E-state index contributed by atoms with van der Waals surface area (Å²) in [4.78, 5) is 13.8. The number of benzene rings is 1. The van der Waals surface area contributed by atoms with Crippen LogP contribution in [0.4, 0.5) is 0 Å². The number of amides is 1. The highest BCUT2D eigenvalue weighted by Gasteiger charge is 2.21. The SMILES string of the molecule is CCN(CC)C(=O)C(C)Oc1ccc(S(=O)(=O)Cl)cc1C. The molecule has 0 saturated heterocycles. The fraction of sp³-hybridized carbons (Fsp3) is 0.500. The van der Waals surface area contributed by atoms with Crippen molar-refractivity contribution < 1.29 is 17.9 Å². The molecule has 1 rings (SSSR count). The Kier molecular flexibility index (Phi) is 6.04. The number of halogens is 1. The summed E-state index contributed by atoms with van der Waals surface area (Å²) in [5.74, 6) is 0.362. The molecular weight excluding hydrogens is 314 g/mol. The predicted molar refractivity (Wildman–Crippen MR) is 82.2 cm³/mol. The monoisotopic (exact) mass is 333 g/mol. The maximum atomic E-state index is 12.1. The lowest BCUT2D eigenvalue weighted by atomic mass is 10.2. The Bertz CT molecular complexity index is 611. The first-order valence-electron chi connectivity index (χ1n) is 6.71. The fourth-order valence-electron chi connectivity index (χ4n) is 1.94. The summed E-state index contributed by atoms with van der Waals surface area (Å²) in [6.07, 6.45) is -0.637. The topological polar surface area (TPSA) is 63.7 Å². The Morgan fingerprint density at radius 3 is 2.33 bits per heavy atom. The number of hydrogen-bond acceptors (Lipinski definition) is 4. The van der Waals surface area contributed by atoms with E-state index in [4.69, 9.17) is 15.4 Å². The standard InChI is InChI=1S/C14H20ClNO4S/c1-5-16(6-2)14(17)11(4)20-13-8-7-12(9-10(13)3)21(15,18)19/h7-9,11H,5-6H2,1-4H3. The second-order valence-corrected chi connectivity index (χ2v) is 7.20. The first-order valence-corrected chi connectivity index (χ1v) is 9.02. The largest absolute Gasteiger partial charge is 0.481 e. The van der Waals surface area contributed by atoms with E-state index in [1.54, 1.807) is 18.7 Å². The molecule has 1 aromatic carbocycles. The molecule has 0 bridgehead atoms. The third kappa shape index (κ3) is 4.61. The lowest BCUT2D eigenvalue weighted by Gasteiger charge is -2.24. The third-order valence-electron chi connectivity index (χ3n) is 3.15. The number of carbonyl (C=O) groups is 1. The summed E-state index contributed by atoms with van der Waals surface area (Å²) < 4.78 is 28.1. The van der Waals surface area contributed by atoms with Gasteiger partial charge >= 0.3 is 0 Å². The van der Waals surface area contributed by atoms with Crippen molar-refractivity contribution in [1.29, 1.82) is 0 Å². The molecule has 0 aromatic heterocycles. The van der Waals surface area contributed by atoms with Crippen LogP contribution in [0.15, 0.2) is 23.1 Å². The number of carbonyl (C=O) groups excluding carboxylic acids is 1. The fourth-order valence-corrected chi connectivity index (χ4v) is 2.78. The van der Waals surface area contributed by atoms with Crippen LogP contribution in [0.3, 0.4) is 0 Å². The molecule has 5 nitrogen and oxygen atoms in total. The number of ether oxygens (including phenoxy) is 1. The molecule has 0 radical (unpaired) electrons. The molecule has 21 heavy (non-hydrogen) atoms. The molecule has 0 spiro atoms. The van der Waals surface area contributed by atoms with Crippen molar-refractivity contribution in [3.63, 3.8) is 0 Å². The van der Waals surface area contributed by atoms with E-state index in [0.717, 1.165) is 0 Å². The van der Waals surface area contributed by atoms with E-state index in [-0.39, 0.29) is 10.8 Å². The van der Waals surface area contributed by atoms with Crippen molar-refractivity contribution >= 4 is 25.6 Å². The second-order valence-electron chi connectivity index (χ2n) is 4.64. The molecule has 1 aromatic rings. The zero-order valence-electron chi connectivity index (χ0n) is 12.6. The average Bonchev–Trinajstić information content (AvgIpc) is 2.41. The van der Waals surface area contributed by atoms with Crippen molar-refractivity contribution in [2.75, 3.05) is 13.1 Å². The van der Waals surface area contributed by atoms with Crippen LogP contribution in [0, 0.1) is 6.92 Å². The average molecular weight is 334 g/mol. The maximum Gasteiger partial charge on any atom is 0.263 e. The molecule has 0 fully saturated rings. The van der Waals surface area contributed by atoms with Gasteiger partial charge in [0.25, 0.3) is 15.0 Å². The zero-order valence-corrected chi connectivity index (χ0v) is 14.2. The van der Waals surface area contributed by atoms with Gasteiger partial charge in [0.15, 0.2) is 6.10 Å². The third-order valence-corrected chi connectivity index (χ3v) is 4.51. The van der Waals surface area contributed by atoms with Crippen molar-refractivity contribution in [3.05, 3.63) is 23.8 Å². The second kappa shape index (κ2) is 7.13. The van der Waals surface area contributed by atoms with Gasteiger partial charge in [0.1, 0.15) is 5.75 Å². The van der Waals surface area contributed by atoms with Crippen LogP contribution in [-0.4, -0.2) is 38.4 Å². The molecule has 1 amide bonds. The Morgan fingerprint density at radius 2 is 1.90 bits per heavy atom.